The van der Waals surface area contributed by atoms with Crippen LogP contribution in [-0.2, 0) is 4.79 Å². The third-order valence-corrected chi connectivity index (χ3v) is 3.65. The Morgan fingerprint density at radius 3 is 2.74 bits per heavy atom. The van der Waals surface area contributed by atoms with Crippen LogP contribution in [0.1, 0.15) is 6.92 Å². The minimum absolute atomic E-state index is 0.158. The summed E-state index contributed by atoms with van der Waals surface area (Å²) in [6.45, 7) is 3.57. The molecule has 1 aromatic carbocycles. The van der Waals surface area contributed by atoms with Gasteiger partial charge < -0.3 is 10.1 Å². The number of hydrogen-bond donors (Lipinski definition) is 1. The van der Waals surface area contributed by atoms with E-state index < -0.39 is 0 Å². The second-order valence-electron chi connectivity index (χ2n) is 3.97. The van der Waals surface area contributed by atoms with Crippen molar-refractivity contribution in [2.45, 2.75) is 11.8 Å². The number of nitrogens with zero attached hydrogens (tertiary/aromatic N) is 1. The Bertz CT molecular complexity index is 461. The van der Waals surface area contributed by atoms with E-state index in [0.29, 0.717) is 19.7 Å². The van der Waals surface area contributed by atoms with E-state index in [2.05, 4.69) is 5.32 Å². The summed E-state index contributed by atoms with van der Waals surface area (Å²) in [6, 6.07) is 7.27. The molecule has 3 amide bonds. The minimum atomic E-state index is -0.294. The van der Waals surface area contributed by atoms with Gasteiger partial charge in [-0.05, 0) is 31.2 Å². The molecule has 0 aromatic heterocycles. The largest absolute Gasteiger partial charge is 0.494 e. The Kier molecular flexibility index (Phi) is 4.68. The van der Waals surface area contributed by atoms with Crippen LogP contribution in [0.4, 0.5) is 4.79 Å². The molecule has 1 aliphatic heterocycles. The SMILES string of the molecule is CCOc1ccc(SCC(=O)N2CCNC2=O)cc1. The molecule has 1 heterocycles. The fourth-order valence-electron chi connectivity index (χ4n) is 1.73. The number of carbonyl (C=O) groups excluding carboxylic acids is 2. The second-order valence-corrected chi connectivity index (χ2v) is 5.02. The highest BCUT2D eigenvalue weighted by Crippen LogP contribution is 2.22. The Balaban J connectivity index is 1.84. The number of hydrogen-bond acceptors (Lipinski definition) is 4. The van der Waals surface area contributed by atoms with E-state index in [1.165, 1.54) is 16.7 Å². The lowest BCUT2D eigenvalue weighted by molar-refractivity contribution is -0.124. The minimum Gasteiger partial charge on any atom is -0.494 e. The van der Waals surface area contributed by atoms with Gasteiger partial charge >= 0.3 is 6.03 Å². The fourth-order valence-corrected chi connectivity index (χ4v) is 2.51. The second kappa shape index (κ2) is 6.47. The first kappa shape index (κ1) is 13.7. The van der Waals surface area contributed by atoms with Crippen LogP contribution in [0.3, 0.4) is 0 Å². The molecule has 2 rings (SSSR count). The molecule has 0 unspecified atom stereocenters. The molecule has 1 N–H and O–H groups in total. The van der Waals surface area contributed by atoms with Gasteiger partial charge in [-0.1, -0.05) is 0 Å². The van der Waals surface area contributed by atoms with Crippen LogP contribution in [0.2, 0.25) is 0 Å². The summed E-state index contributed by atoms with van der Waals surface area (Å²) in [5, 5.41) is 2.61. The summed E-state index contributed by atoms with van der Waals surface area (Å²) in [4.78, 5) is 25.4. The number of ether oxygens (including phenoxy) is 1. The monoisotopic (exact) mass is 280 g/mol. The van der Waals surface area contributed by atoms with Crippen molar-refractivity contribution >= 4 is 23.7 Å². The van der Waals surface area contributed by atoms with Crippen LogP contribution >= 0.6 is 11.8 Å². The van der Waals surface area contributed by atoms with Crippen molar-refractivity contribution < 1.29 is 14.3 Å². The number of imide groups is 1. The predicted octanol–water partition coefficient (Wildman–Crippen LogP) is 1.73. The summed E-state index contributed by atoms with van der Waals surface area (Å²) in [5.74, 6) is 0.924. The Morgan fingerprint density at radius 2 is 2.16 bits per heavy atom. The highest BCUT2D eigenvalue weighted by Gasteiger charge is 2.25. The standard InChI is InChI=1S/C13H16N2O3S/c1-2-18-10-3-5-11(6-4-10)19-9-12(16)15-8-7-14-13(15)17/h3-6H,2,7-9H2,1H3,(H,14,17). The average molecular weight is 280 g/mol. The molecule has 0 atom stereocenters. The van der Waals surface area contributed by atoms with E-state index in [0.717, 1.165) is 10.6 Å². The predicted molar refractivity (Wildman–Crippen MR) is 73.4 cm³/mol. The number of urea groups is 1. The number of nitrogens with one attached hydrogen (secondary N) is 1. The Labute approximate surface area is 116 Å². The van der Waals surface area contributed by atoms with E-state index in [4.69, 9.17) is 4.74 Å². The zero-order chi connectivity index (χ0) is 13.7. The summed E-state index contributed by atoms with van der Waals surface area (Å²) >= 11 is 1.42. The van der Waals surface area contributed by atoms with Crippen LogP contribution < -0.4 is 10.1 Å². The van der Waals surface area contributed by atoms with Crippen LogP contribution in [0, 0.1) is 0 Å². The van der Waals surface area contributed by atoms with Crippen molar-refractivity contribution in [3.05, 3.63) is 24.3 Å². The normalized spacial score (nSPS) is 14.4. The third kappa shape index (κ3) is 3.64. The zero-order valence-corrected chi connectivity index (χ0v) is 11.5. The molecule has 0 bridgehead atoms. The summed E-state index contributed by atoms with van der Waals surface area (Å²) in [5.41, 5.74) is 0. The van der Waals surface area contributed by atoms with Gasteiger partial charge in [0.2, 0.25) is 5.91 Å². The van der Waals surface area contributed by atoms with Gasteiger partial charge in [-0.15, -0.1) is 11.8 Å². The van der Waals surface area contributed by atoms with Gasteiger partial charge in [-0.3, -0.25) is 9.69 Å². The first-order chi connectivity index (χ1) is 9.20. The molecule has 0 saturated carbocycles. The van der Waals surface area contributed by atoms with Crippen molar-refractivity contribution in [1.82, 2.24) is 10.2 Å². The maximum Gasteiger partial charge on any atom is 0.324 e. The van der Waals surface area contributed by atoms with Crippen LogP contribution in [0.5, 0.6) is 5.75 Å². The highest BCUT2D eigenvalue weighted by molar-refractivity contribution is 8.00. The lowest BCUT2D eigenvalue weighted by Gasteiger charge is -2.11. The van der Waals surface area contributed by atoms with Gasteiger partial charge in [-0.2, -0.15) is 0 Å². The van der Waals surface area contributed by atoms with Crippen molar-refractivity contribution in [1.29, 1.82) is 0 Å². The van der Waals surface area contributed by atoms with E-state index >= 15 is 0 Å². The summed E-state index contributed by atoms with van der Waals surface area (Å²) in [7, 11) is 0. The molecule has 1 fully saturated rings. The van der Waals surface area contributed by atoms with E-state index in [1.807, 2.05) is 31.2 Å². The van der Waals surface area contributed by atoms with Gasteiger partial charge in [0, 0.05) is 18.0 Å². The zero-order valence-electron chi connectivity index (χ0n) is 10.7. The number of carbonyl (C=O) groups is 2. The third-order valence-electron chi connectivity index (χ3n) is 2.65. The first-order valence-corrected chi connectivity index (χ1v) is 7.13. The molecule has 19 heavy (non-hydrogen) atoms. The number of thioether (sulfide) groups is 1. The van der Waals surface area contributed by atoms with Crippen LogP contribution in [0.15, 0.2) is 29.2 Å². The highest BCUT2D eigenvalue weighted by atomic mass is 32.2. The topological polar surface area (TPSA) is 58.6 Å². The van der Waals surface area contributed by atoms with E-state index in [9.17, 15) is 9.59 Å². The molecule has 1 aliphatic rings. The van der Waals surface area contributed by atoms with Crippen LogP contribution in [0.25, 0.3) is 0 Å². The fraction of sp³-hybridized carbons (Fsp3) is 0.385. The molecule has 0 aliphatic carbocycles. The molecule has 1 aromatic rings. The average Bonchev–Trinajstić information content (AvgIpc) is 2.84. The number of rotatable bonds is 5. The quantitative estimate of drug-likeness (QED) is 0.835. The van der Waals surface area contributed by atoms with Gasteiger partial charge in [-0.25, -0.2) is 4.79 Å². The summed E-state index contributed by atoms with van der Waals surface area (Å²) in [6.07, 6.45) is 0. The van der Waals surface area contributed by atoms with Gasteiger partial charge in [0.25, 0.3) is 0 Å². The maximum absolute atomic E-state index is 11.8. The Morgan fingerprint density at radius 1 is 1.42 bits per heavy atom. The van der Waals surface area contributed by atoms with Gasteiger partial charge in [0.15, 0.2) is 0 Å². The van der Waals surface area contributed by atoms with Crippen molar-refractivity contribution in [2.24, 2.45) is 0 Å². The molecule has 0 spiro atoms. The maximum atomic E-state index is 11.8. The molecule has 0 radical (unpaired) electrons. The number of benzene rings is 1. The molecular formula is C13H16N2O3S. The van der Waals surface area contributed by atoms with Crippen LogP contribution in [-0.4, -0.2) is 42.3 Å². The van der Waals surface area contributed by atoms with E-state index in [1.54, 1.807) is 0 Å². The molecule has 1 saturated heterocycles. The Hall–Kier alpha value is -1.69. The lowest BCUT2D eigenvalue weighted by Crippen LogP contribution is -2.35. The van der Waals surface area contributed by atoms with Gasteiger partial charge in [0.1, 0.15) is 5.75 Å². The number of amides is 3. The van der Waals surface area contributed by atoms with Crippen molar-refractivity contribution in [3.63, 3.8) is 0 Å². The first-order valence-electron chi connectivity index (χ1n) is 6.14. The van der Waals surface area contributed by atoms with E-state index in [-0.39, 0.29) is 17.7 Å². The molecule has 5 nitrogen and oxygen atoms in total. The van der Waals surface area contributed by atoms with Crippen molar-refractivity contribution in [3.8, 4) is 5.75 Å². The summed E-state index contributed by atoms with van der Waals surface area (Å²) < 4.78 is 5.34. The van der Waals surface area contributed by atoms with Crippen molar-refractivity contribution in [2.75, 3.05) is 25.4 Å². The van der Waals surface area contributed by atoms with Gasteiger partial charge in [0.05, 0.1) is 12.4 Å². The molecule has 6 heteroatoms. The lowest BCUT2D eigenvalue weighted by atomic mass is 10.3. The smallest absolute Gasteiger partial charge is 0.324 e. The molecule has 102 valence electrons. The molecular weight excluding hydrogens is 264 g/mol.